The molecule has 0 bridgehead atoms. The van der Waals surface area contributed by atoms with Crippen molar-refractivity contribution >= 4 is 10.0 Å². The number of ether oxygens (including phenoxy) is 1. The molecule has 2 aromatic carbocycles. The Kier molecular flexibility index (Phi) is 7.65. The van der Waals surface area contributed by atoms with Gasteiger partial charge in [-0.25, -0.2) is 13.1 Å². The first-order valence-electron chi connectivity index (χ1n) is 11.7. The van der Waals surface area contributed by atoms with E-state index in [0.717, 1.165) is 49.7 Å². The van der Waals surface area contributed by atoms with Gasteiger partial charge < -0.3 is 9.30 Å². The van der Waals surface area contributed by atoms with Crippen LogP contribution < -0.4 is 9.46 Å². The lowest BCUT2D eigenvalue weighted by molar-refractivity contribution is 0.267. The number of hydrogen-bond acceptors (Lipinski definition) is 6. The molecule has 0 radical (unpaired) electrons. The second kappa shape index (κ2) is 10.7. The van der Waals surface area contributed by atoms with Crippen molar-refractivity contribution in [3.63, 3.8) is 0 Å². The molecular formula is C25H33N5O3S. The topological polar surface area (TPSA) is 89.3 Å². The molecule has 0 unspecified atom stereocenters. The summed E-state index contributed by atoms with van der Waals surface area (Å²) in [6, 6.07) is 18.0. The smallest absolute Gasteiger partial charge is 0.209 e. The third kappa shape index (κ3) is 6.43. The summed E-state index contributed by atoms with van der Waals surface area (Å²) in [6.45, 7) is 7.74. The van der Waals surface area contributed by atoms with Crippen molar-refractivity contribution in [3.8, 4) is 5.75 Å². The van der Waals surface area contributed by atoms with E-state index >= 15 is 0 Å². The Bertz CT molecular complexity index is 1190. The van der Waals surface area contributed by atoms with Gasteiger partial charge >= 0.3 is 0 Å². The highest BCUT2D eigenvalue weighted by Crippen LogP contribution is 2.24. The van der Waals surface area contributed by atoms with Crippen LogP contribution in [0.1, 0.15) is 42.7 Å². The molecule has 0 saturated heterocycles. The Hall–Kier alpha value is -2.75. The standard InChI is InChI=1S/C25H33N5O3S/c1-19(2)24(28-34(3,31)32)25-27-26-23-12-13-29(14-15-30(23)25)17-21-10-7-11-22(16-21)33-18-20-8-5-4-6-9-20/h4-11,16,19,24,28H,12-15,17-18H2,1-3H3/t24-/m1/s1. The third-order valence-corrected chi connectivity index (χ3v) is 6.67. The first-order valence-corrected chi connectivity index (χ1v) is 13.5. The van der Waals surface area contributed by atoms with E-state index in [0.29, 0.717) is 12.4 Å². The molecule has 34 heavy (non-hydrogen) atoms. The van der Waals surface area contributed by atoms with Crippen molar-refractivity contribution in [1.82, 2.24) is 24.4 Å². The van der Waals surface area contributed by atoms with E-state index in [1.165, 1.54) is 11.8 Å². The minimum Gasteiger partial charge on any atom is -0.489 e. The summed E-state index contributed by atoms with van der Waals surface area (Å²) in [5, 5.41) is 8.75. The lowest BCUT2D eigenvalue weighted by Gasteiger charge is -2.22. The highest BCUT2D eigenvalue weighted by molar-refractivity contribution is 7.88. The Morgan fingerprint density at radius 1 is 1.00 bits per heavy atom. The normalized spacial score (nSPS) is 15.6. The molecule has 0 saturated carbocycles. The molecule has 0 fully saturated rings. The maximum Gasteiger partial charge on any atom is 0.209 e. The molecule has 1 atom stereocenters. The predicted octanol–water partition coefficient (Wildman–Crippen LogP) is 3.16. The fourth-order valence-corrected chi connectivity index (χ4v) is 5.07. The van der Waals surface area contributed by atoms with Gasteiger partial charge in [0.15, 0.2) is 5.82 Å². The molecule has 0 amide bonds. The van der Waals surface area contributed by atoms with Gasteiger partial charge in [0.2, 0.25) is 10.0 Å². The number of nitrogens with zero attached hydrogens (tertiary/aromatic N) is 4. The van der Waals surface area contributed by atoms with Crippen molar-refractivity contribution in [3.05, 3.63) is 77.4 Å². The number of hydrogen-bond donors (Lipinski definition) is 1. The number of nitrogens with one attached hydrogen (secondary N) is 1. The van der Waals surface area contributed by atoms with Gasteiger partial charge in [0.1, 0.15) is 18.2 Å². The van der Waals surface area contributed by atoms with Gasteiger partial charge in [0.25, 0.3) is 0 Å². The predicted molar refractivity (Wildman–Crippen MR) is 132 cm³/mol. The molecule has 182 valence electrons. The number of aromatic nitrogens is 3. The summed E-state index contributed by atoms with van der Waals surface area (Å²) in [6.07, 6.45) is 1.95. The third-order valence-electron chi connectivity index (χ3n) is 5.99. The van der Waals surface area contributed by atoms with Crippen LogP contribution in [0, 0.1) is 5.92 Å². The summed E-state index contributed by atoms with van der Waals surface area (Å²) in [5.74, 6) is 2.51. The van der Waals surface area contributed by atoms with Crippen LogP contribution in [-0.2, 0) is 36.1 Å². The van der Waals surface area contributed by atoms with Crippen LogP contribution in [0.3, 0.4) is 0 Å². The van der Waals surface area contributed by atoms with Crippen LogP contribution in [0.25, 0.3) is 0 Å². The van der Waals surface area contributed by atoms with Crippen LogP contribution in [0.4, 0.5) is 0 Å². The van der Waals surface area contributed by atoms with Gasteiger partial charge in [-0.3, -0.25) is 4.90 Å². The molecule has 0 spiro atoms. The van der Waals surface area contributed by atoms with E-state index in [1.54, 1.807) is 0 Å². The number of benzene rings is 2. The van der Waals surface area contributed by atoms with E-state index in [2.05, 4.69) is 48.7 Å². The lowest BCUT2D eigenvalue weighted by atomic mass is 10.1. The fourth-order valence-electron chi connectivity index (χ4n) is 4.23. The molecule has 8 nitrogen and oxygen atoms in total. The Morgan fingerprint density at radius 2 is 1.76 bits per heavy atom. The van der Waals surface area contributed by atoms with Gasteiger partial charge in [0.05, 0.1) is 12.3 Å². The average Bonchev–Trinajstić information content (AvgIpc) is 3.10. The average molecular weight is 484 g/mol. The van der Waals surface area contributed by atoms with Gasteiger partial charge in [-0.1, -0.05) is 56.3 Å². The molecule has 2 heterocycles. The zero-order valence-corrected chi connectivity index (χ0v) is 20.8. The van der Waals surface area contributed by atoms with E-state index in [9.17, 15) is 8.42 Å². The van der Waals surface area contributed by atoms with Gasteiger partial charge in [0, 0.05) is 32.6 Å². The highest BCUT2D eigenvalue weighted by Gasteiger charge is 2.28. The maximum absolute atomic E-state index is 11.9. The monoisotopic (exact) mass is 483 g/mol. The molecule has 1 aromatic heterocycles. The lowest BCUT2D eigenvalue weighted by Crippen LogP contribution is -2.33. The molecular weight excluding hydrogens is 450 g/mol. The summed E-state index contributed by atoms with van der Waals surface area (Å²) in [5.41, 5.74) is 2.34. The van der Waals surface area contributed by atoms with Crippen LogP contribution in [0.15, 0.2) is 54.6 Å². The zero-order chi connectivity index (χ0) is 24.1. The van der Waals surface area contributed by atoms with Crippen molar-refractivity contribution in [2.45, 2.75) is 46.0 Å². The Labute approximate surface area is 202 Å². The second-order valence-electron chi connectivity index (χ2n) is 9.19. The van der Waals surface area contributed by atoms with Gasteiger partial charge in [-0.05, 0) is 29.2 Å². The second-order valence-corrected chi connectivity index (χ2v) is 11.0. The summed E-state index contributed by atoms with van der Waals surface area (Å²) >= 11 is 0. The molecule has 4 rings (SSSR count). The van der Waals surface area contributed by atoms with E-state index in [1.807, 2.05) is 44.2 Å². The zero-order valence-electron chi connectivity index (χ0n) is 20.0. The van der Waals surface area contributed by atoms with Crippen molar-refractivity contribution in [2.24, 2.45) is 5.92 Å². The molecule has 1 aliphatic rings. The van der Waals surface area contributed by atoms with E-state index in [4.69, 9.17) is 4.74 Å². The van der Waals surface area contributed by atoms with Crippen LogP contribution in [0.5, 0.6) is 5.75 Å². The highest BCUT2D eigenvalue weighted by atomic mass is 32.2. The summed E-state index contributed by atoms with van der Waals surface area (Å²) in [7, 11) is -3.36. The number of fused-ring (bicyclic) bond motifs is 1. The van der Waals surface area contributed by atoms with Crippen molar-refractivity contribution in [1.29, 1.82) is 0 Å². The summed E-state index contributed by atoms with van der Waals surface area (Å²) in [4.78, 5) is 2.39. The van der Waals surface area contributed by atoms with Crippen molar-refractivity contribution in [2.75, 3.05) is 19.3 Å². The molecule has 1 N–H and O–H groups in total. The van der Waals surface area contributed by atoms with Crippen LogP contribution in [-0.4, -0.2) is 47.4 Å². The van der Waals surface area contributed by atoms with Gasteiger partial charge in [-0.15, -0.1) is 10.2 Å². The first-order chi connectivity index (χ1) is 16.3. The molecule has 3 aromatic rings. The Morgan fingerprint density at radius 3 is 2.50 bits per heavy atom. The van der Waals surface area contributed by atoms with E-state index < -0.39 is 16.1 Å². The SMILES string of the molecule is CC(C)[C@@H](NS(C)(=O)=O)c1nnc2n1CCN(Cc1cccc(OCc3ccccc3)c1)CC2. The summed E-state index contributed by atoms with van der Waals surface area (Å²) < 4.78 is 34.6. The largest absolute Gasteiger partial charge is 0.489 e. The molecule has 1 aliphatic heterocycles. The first kappa shape index (κ1) is 24.4. The fraction of sp³-hybridized carbons (Fsp3) is 0.440. The number of rotatable bonds is 9. The van der Waals surface area contributed by atoms with Crippen LogP contribution >= 0.6 is 0 Å². The van der Waals surface area contributed by atoms with Crippen molar-refractivity contribution < 1.29 is 13.2 Å². The van der Waals surface area contributed by atoms with E-state index in [-0.39, 0.29) is 5.92 Å². The van der Waals surface area contributed by atoms with Crippen LogP contribution in [0.2, 0.25) is 0 Å². The molecule has 0 aliphatic carbocycles. The number of sulfonamides is 1. The Balaban J connectivity index is 1.40. The maximum atomic E-state index is 11.9. The quantitative estimate of drug-likeness (QED) is 0.503. The molecule has 9 heteroatoms. The minimum absolute atomic E-state index is 0.0565. The van der Waals surface area contributed by atoms with Gasteiger partial charge in [-0.2, -0.15) is 0 Å². The minimum atomic E-state index is -3.36.